The molecule has 2 rings (SSSR count). The molecule has 1 fully saturated rings. The second-order valence-corrected chi connectivity index (χ2v) is 7.23. The van der Waals surface area contributed by atoms with Gasteiger partial charge in [0.15, 0.2) is 0 Å². The third-order valence-corrected chi connectivity index (χ3v) is 5.39. The molecule has 0 atom stereocenters. The van der Waals surface area contributed by atoms with Crippen LogP contribution in [0.15, 0.2) is 17.2 Å². The highest BCUT2D eigenvalue weighted by Gasteiger charge is 2.31. The highest BCUT2D eigenvalue weighted by molar-refractivity contribution is 7.89. The maximum atomic E-state index is 12.6. The van der Waals surface area contributed by atoms with Crippen LogP contribution in [-0.4, -0.2) is 30.4 Å². The molecule has 1 aromatic rings. The molecule has 108 valence electrons. The summed E-state index contributed by atoms with van der Waals surface area (Å²) in [7, 11) is -1.55. The van der Waals surface area contributed by atoms with E-state index >= 15 is 0 Å². The standard InChI is InChI=1S/C13H23N3O2S/c1-3-6-16(9-11-4-5-11)19(17,18)13-7-12(8-14)15(2)10-13/h7,10-11H,3-6,8-9,14H2,1-2H3. The molecular weight excluding hydrogens is 262 g/mol. The van der Waals surface area contributed by atoms with Gasteiger partial charge < -0.3 is 10.3 Å². The summed E-state index contributed by atoms with van der Waals surface area (Å²) in [6.45, 7) is 3.60. The van der Waals surface area contributed by atoms with Gasteiger partial charge in [-0.15, -0.1) is 0 Å². The Morgan fingerprint density at radius 2 is 2.16 bits per heavy atom. The van der Waals surface area contributed by atoms with Crippen LogP contribution in [0.3, 0.4) is 0 Å². The molecule has 0 amide bonds. The van der Waals surface area contributed by atoms with Crippen molar-refractivity contribution in [3.05, 3.63) is 18.0 Å². The van der Waals surface area contributed by atoms with E-state index in [2.05, 4.69) is 0 Å². The fourth-order valence-corrected chi connectivity index (χ4v) is 3.92. The van der Waals surface area contributed by atoms with Gasteiger partial charge in [-0.3, -0.25) is 0 Å². The molecule has 0 aromatic carbocycles. The molecule has 0 spiro atoms. The lowest BCUT2D eigenvalue weighted by Crippen LogP contribution is -2.33. The molecule has 0 saturated heterocycles. The van der Waals surface area contributed by atoms with Crippen molar-refractivity contribution in [2.24, 2.45) is 18.7 Å². The van der Waals surface area contributed by atoms with Crippen LogP contribution in [-0.2, 0) is 23.6 Å². The summed E-state index contributed by atoms with van der Waals surface area (Å²) in [5.41, 5.74) is 6.44. The minimum absolute atomic E-state index is 0.350. The van der Waals surface area contributed by atoms with Gasteiger partial charge in [-0.2, -0.15) is 4.31 Å². The van der Waals surface area contributed by atoms with E-state index in [1.54, 1.807) is 21.1 Å². The molecule has 0 radical (unpaired) electrons. The molecule has 2 N–H and O–H groups in total. The first-order valence-corrected chi connectivity index (χ1v) is 8.28. The lowest BCUT2D eigenvalue weighted by Gasteiger charge is -2.20. The zero-order valence-electron chi connectivity index (χ0n) is 11.7. The van der Waals surface area contributed by atoms with Crippen molar-refractivity contribution in [2.75, 3.05) is 13.1 Å². The highest BCUT2D eigenvalue weighted by Crippen LogP contribution is 2.31. The van der Waals surface area contributed by atoms with Crippen LogP contribution in [0, 0.1) is 5.92 Å². The first-order chi connectivity index (χ1) is 8.98. The average Bonchev–Trinajstić information content (AvgIpc) is 3.09. The van der Waals surface area contributed by atoms with Crippen LogP contribution in [0.2, 0.25) is 0 Å². The number of aryl methyl sites for hydroxylation is 1. The van der Waals surface area contributed by atoms with Crippen LogP contribution in [0.4, 0.5) is 0 Å². The zero-order valence-corrected chi connectivity index (χ0v) is 12.5. The summed E-state index contributed by atoms with van der Waals surface area (Å²) in [6.07, 6.45) is 4.80. The van der Waals surface area contributed by atoms with Crippen molar-refractivity contribution in [1.82, 2.24) is 8.87 Å². The van der Waals surface area contributed by atoms with E-state index in [4.69, 9.17) is 5.73 Å². The Bertz CT molecular complexity index is 532. The molecule has 6 heteroatoms. The average molecular weight is 285 g/mol. The minimum atomic E-state index is -3.37. The normalized spacial score (nSPS) is 16.2. The van der Waals surface area contributed by atoms with Gasteiger partial charge in [-0.25, -0.2) is 8.42 Å². The van der Waals surface area contributed by atoms with Crippen molar-refractivity contribution in [3.8, 4) is 0 Å². The van der Waals surface area contributed by atoms with E-state index in [1.807, 2.05) is 14.0 Å². The van der Waals surface area contributed by atoms with E-state index in [0.717, 1.165) is 25.0 Å². The number of hydrogen-bond acceptors (Lipinski definition) is 3. The lowest BCUT2D eigenvalue weighted by atomic mass is 10.4. The predicted octanol–water partition coefficient (Wildman–Crippen LogP) is 1.29. The molecule has 19 heavy (non-hydrogen) atoms. The van der Waals surface area contributed by atoms with Gasteiger partial charge in [0.2, 0.25) is 10.0 Å². The smallest absolute Gasteiger partial charge is 0.244 e. The lowest BCUT2D eigenvalue weighted by molar-refractivity contribution is 0.395. The maximum absolute atomic E-state index is 12.6. The number of nitrogens with zero attached hydrogens (tertiary/aromatic N) is 2. The van der Waals surface area contributed by atoms with E-state index in [9.17, 15) is 8.42 Å². The third-order valence-electron chi connectivity index (χ3n) is 3.56. The van der Waals surface area contributed by atoms with Crippen LogP contribution in [0.1, 0.15) is 31.9 Å². The number of nitrogens with two attached hydrogens (primary N) is 1. The predicted molar refractivity (Wildman–Crippen MR) is 75.1 cm³/mol. The minimum Gasteiger partial charge on any atom is -0.352 e. The largest absolute Gasteiger partial charge is 0.352 e. The second-order valence-electron chi connectivity index (χ2n) is 5.29. The molecule has 1 saturated carbocycles. The Kier molecular flexibility index (Phi) is 4.32. The molecule has 1 aliphatic carbocycles. The van der Waals surface area contributed by atoms with Gasteiger partial charge in [0.1, 0.15) is 4.90 Å². The van der Waals surface area contributed by atoms with Crippen molar-refractivity contribution in [2.45, 2.75) is 37.6 Å². The van der Waals surface area contributed by atoms with E-state index < -0.39 is 10.0 Å². The topological polar surface area (TPSA) is 68.3 Å². The number of hydrogen-bond donors (Lipinski definition) is 1. The fourth-order valence-electron chi connectivity index (χ4n) is 2.22. The second kappa shape index (κ2) is 5.64. The summed E-state index contributed by atoms with van der Waals surface area (Å²) in [4.78, 5) is 0.365. The van der Waals surface area contributed by atoms with Crippen molar-refractivity contribution >= 4 is 10.0 Å². The summed E-state index contributed by atoms with van der Waals surface area (Å²) in [5.74, 6) is 0.555. The summed E-state index contributed by atoms with van der Waals surface area (Å²) < 4.78 is 28.7. The van der Waals surface area contributed by atoms with Gasteiger partial charge in [-0.05, 0) is 31.2 Å². The van der Waals surface area contributed by atoms with Crippen LogP contribution in [0.5, 0.6) is 0 Å². The summed E-state index contributed by atoms with van der Waals surface area (Å²) in [6, 6.07) is 1.69. The zero-order chi connectivity index (χ0) is 14.0. The van der Waals surface area contributed by atoms with Crippen molar-refractivity contribution in [3.63, 3.8) is 0 Å². The van der Waals surface area contributed by atoms with Gasteiger partial charge in [0.05, 0.1) is 0 Å². The van der Waals surface area contributed by atoms with Crippen LogP contribution >= 0.6 is 0 Å². The van der Waals surface area contributed by atoms with Crippen molar-refractivity contribution in [1.29, 1.82) is 0 Å². The monoisotopic (exact) mass is 285 g/mol. The first-order valence-electron chi connectivity index (χ1n) is 6.84. The van der Waals surface area contributed by atoms with Gasteiger partial charge in [-0.1, -0.05) is 6.92 Å². The molecule has 0 aliphatic heterocycles. The Morgan fingerprint density at radius 1 is 1.47 bits per heavy atom. The van der Waals surface area contributed by atoms with Gasteiger partial charge in [0.25, 0.3) is 0 Å². The van der Waals surface area contributed by atoms with Crippen molar-refractivity contribution < 1.29 is 8.42 Å². The number of aromatic nitrogens is 1. The molecule has 0 bridgehead atoms. The van der Waals surface area contributed by atoms with Gasteiger partial charge in [0, 0.05) is 38.6 Å². The molecule has 1 aliphatic rings. The van der Waals surface area contributed by atoms with Gasteiger partial charge >= 0.3 is 0 Å². The molecular formula is C13H23N3O2S. The molecule has 5 nitrogen and oxygen atoms in total. The Labute approximate surface area is 115 Å². The van der Waals surface area contributed by atoms with Crippen LogP contribution in [0.25, 0.3) is 0 Å². The first kappa shape index (κ1) is 14.6. The Hall–Kier alpha value is -0.850. The third kappa shape index (κ3) is 3.19. The Morgan fingerprint density at radius 3 is 2.63 bits per heavy atom. The number of rotatable bonds is 7. The molecule has 1 aromatic heterocycles. The fraction of sp³-hybridized carbons (Fsp3) is 0.692. The van der Waals surface area contributed by atoms with E-state index in [0.29, 0.717) is 30.4 Å². The summed E-state index contributed by atoms with van der Waals surface area (Å²) in [5, 5.41) is 0. The number of sulfonamides is 1. The maximum Gasteiger partial charge on any atom is 0.244 e. The van der Waals surface area contributed by atoms with E-state index in [-0.39, 0.29) is 0 Å². The summed E-state index contributed by atoms with van der Waals surface area (Å²) >= 11 is 0. The molecule has 1 heterocycles. The Balaban J connectivity index is 2.26. The van der Waals surface area contributed by atoms with E-state index in [1.165, 1.54) is 0 Å². The molecule has 0 unspecified atom stereocenters. The SMILES string of the molecule is CCCN(CC1CC1)S(=O)(=O)c1cc(CN)n(C)c1. The van der Waals surface area contributed by atoms with Crippen LogP contribution < -0.4 is 5.73 Å². The highest BCUT2D eigenvalue weighted by atomic mass is 32.2. The quantitative estimate of drug-likeness (QED) is 0.821.